The van der Waals surface area contributed by atoms with E-state index in [0.29, 0.717) is 5.69 Å². The van der Waals surface area contributed by atoms with Gasteiger partial charge in [0, 0.05) is 5.56 Å². The summed E-state index contributed by atoms with van der Waals surface area (Å²) in [6.07, 6.45) is -0.0527. The molecule has 1 heterocycles. The predicted molar refractivity (Wildman–Crippen MR) is 71.3 cm³/mol. The van der Waals surface area contributed by atoms with Crippen LogP contribution in [0.4, 0.5) is 0 Å². The molecule has 0 fully saturated rings. The van der Waals surface area contributed by atoms with Crippen LogP contribution < -0.4 is 0 Å². The highest BCUT2D eigenvalue weighted by Crippen LogP contribution is 2.32. The van der Waals surface area contributed by atoms with E-state index in [0.717, 1.165) is 19.9 Å². The minimum atomic E-state index is -0.869. The first-order valence-corrected chi connectivity index (χ1v) is 6.61. The monoisotopic (exact) mass is 311 g/mol. The molecule has 2 aromatic rings. The average molecular weight is 312 g/mol. The molecule has 0 saturated heterocycles. The molecule has 1 aromatic carbocycles. The molecule has 0 spiro atoms. The summed E-state index contributed by atoms with van der Waals surface area (Å²) in [6.45, 7) is 2.02. The summed E-state index contributed by atoms with van der Waals surface area (Å²) < 4.78 is 0.788. The van der Waals surface area contributed by atoms with Crippen molar-refractivity contribution < 1.29 is 9.90 Å². The number of aryl methyl sites for hydroxylation is 1. The van der Waals surface area contributed by atoms with E-state index in [1.165, 1.54) is 11.3 Å². The van der Waals surface area contributed by atoms with Gasteiger partial charge in [-0.1, -0.05) is 23.8 Å². The maximum atomic E-state index is 10.7. The van der Waals surface area contributed by atoms with Crippen molar-refractivity contribution in [1.29, 1.82) is 0 Å². The lowest BCUT2D eigenvalue weighted by molar-refractivity contribution is -0.136. The number of rotatable bonds is 3. The van der Waals surface area contributed by atoms with Gasteiger partial charge in [0.05, 0.1) is 15.9 Å². The predicted octanol–water partition coefficient (Wildman–Crippen LogP) is 3.51. The summed E-state index contributed by atoms with van der Waals surface area (Å²) in [7, 11) is 0. The normalized spacial score (nSPS) is 10.5. The van der Waals surface area contributed by atoms with Gasteiger partial charge >= 0.3 is 5.97 Å². The number of carbonyl (C=O) groups is 1. The Morgan fingerprint density at radius 1 is 1.53 bits per heavy atom. The van der Waals surface area contributed by atoms with Gasteiger partial charge < -0.3 is 5.11 Å². The Morgan fingerprint density at radius 3 is 2.94 bits per heavy atom. The van der Waals surface area contributed by atoms with Crippen LogP contribution >= 0.6 is 27.3 Å². The Kier molecular flexibility index (Phi) is 3.59. The summed E-state index contributed by atoms with van der Waals surface area (Å²) >= 11 is 4.81. The van der Waals surface area contributed by atoms with Crippen LogP contribution in [0.2, 0.25) is 0 Å². The molecule has 0 bridgehead atoms. The second kappa shape index (κ2) is 4.98. The number of thiazole rings is 1. The van der Waals surface area contributed by atoms with Gasteiger partial charge in [-0.25, -0.2) is 4.98 Å². The number of carboxylic acids is 1. The first-order valence-electron chi connectivity index (χ1n) is 5.00. The van der Waals surface area contributed by atoms with E-state index in [9.17, 15) is 4.79 Å². The van der Waals surface area contributed by atoms with Crippen molar-refractivity contribution >= 4 is 33.2 Å². The molecular formula is C12H10BrNO2S. The fourth-order valence-electron chi connectivity index (χ4n) is 1.49. The standard InChI is InChI=1S/C12H10BrNO2S/c1-7-3-2-4-8(5-7)12-14-9(6-10(15)16)11(13)17-12/h2-5H,6H2,1H3,(H,15,16). The lowest BCUT2D eigenvalue weighted by Gasteiger charge is -1.97. The van der Waals surface area contributed by atoms with Gasteiger partial charge in [0.1, 0.15) is 5.01 Å². The summed E-state index contributed by atoms with van der Waals surface area (Å²) in [4.78, 5) is 15.0. The number of hydrogen-bond donors (Lipinski definition) is 1. The van der Waals surface area contributed by atoms with E-state index in [4.69, 9.17) is 5.11 Å². The molecule has 5 heteroatoms. The summed E-state index contributed by atoms with van der Waals surface area (Å²) in [5.74, 6) is -0.869. The van der Waals surface area contributed by atoms with Gasteiger partial charge in [0.15, 0.2) is 0 Å². The van der Waals surface area contributed by atoms with Crippen molar-refractivity contribution in [3.8, 4) is 10.6 Å². The lowest BCUT2D eigenvalue weighted by atomic mass is 10.1. The number of aliphatic carboxylic acids is 1. The van der Waals surface area contributed by atoms with Crippen LogP contribution in [0.5, 0.6) is 0 Å². The fraction of sp³-hybridized carbons (Fsp3) is 0.167. The molecule has 0 aliphatic carbocycles. The Morgan fingerprint density at radius 2 is 2.29 bits per heavy atom. The van der Waals surface area contributed by atoms with Crippen LogP contribution in [-0.2, 0) is 11.2 Å². The number of halogens is 1. The van der Waals surface area contributed by atoms with Crippen LogP contribution in [0.1, 0.15) is 11.3 Å². The van der Waals surface area contributed by atoms with Crippen molar-refractivity contribution in [2.75, 3.05) is 0 Å². The zero-order valence-corrected chi connectivity index (χ0v) is 11.5. The van der Waals surface area contributed by atoms with Gasteiger partial charge in [-0.15, -0.1) is 11.3 Å². The average Bonchev–Trinajstić information content (AvgIpc) is 2.59. The minimum absolute atomic E-state index is 0.0527. The first kappa shape index (κ1) is 12.3. The summed E-state index contributed by atoms with van der Waals surface area (Å²) in [6, 6.07) is 8.00. The SMILES string of the molecule is Cc1cccc(-c2nc(CC(=O)O)c(Br)s2)c1. The minimum Gasteiger partial charge on any atom is -0.481 e. The highest BCUT2D eigenvalue weighted by Gasteiger charge is 2.13. The molecule has 0 aliphatic heterocycles. The number of nitrogens with zero attached hydrogens (tertiary/aromatic N) is 1. The van der Waals surface area contributed by atoms with Crippen LogP contribution in [0, 0.1) is 6.92 Å². The van der Waals surface area contributed by atoms with Gasteiger partial charge in [0.2, 0.25) is 0 Å². The third kappa shape index (κ3) is 2.92. The molecule has 0 radical (unpaired) electrons. The van der Waals surface area contributed by atoms with Gasteiger partial charge in [-0.3, -0.25) is 4.79 Å². The molecule has 88 valence electrons. The second-order valence-electron chi connectivity index (χ2n) is 3.68. The zero-order chi connectivity index (χ0) is 12.4. The summed E-state index contributed by atoms with van der Waals surface area (Å²) in [5, 5.41) is 9.60. The molecule has 1 N–H and O–H groups in total. The topological polar surface area (TPSA) is 50.2 Å². The van der Waals surface area contributed by atoms with E-state index < -0.39 is 5.97 Å². The zero-order valence-electron chi connectivity index (χ0n) is 9.11. The first-order chi connectivity index (χ1) is 8.06. The van der Waals surface area contributed by atoms with Gasteiger partial charge in [-0.2, -0.15) is 0 Å². The third-order valence-electron chi connectivity index (χ3n) is 2.23. The largest absolute Gasteiger partial charge is 0.481 e. The number of hydrogen-bond acceptors (Lipinski definition) is 3. The molecular weight excluding hydrogens is 302 g/mol. The Hall–Kier alpha value is -1.20. The summed E-state index contributed by atoms with van der Waals surface area (Å²) in [5.41, 5.74) is 2.76. The third-order valence-corrected chi connectivity index (χ3v) is 4.11. The van der Waals surface area contributed by atoms with Crippen molar-refractivity contribution in [2.45, 2.75) is 13.3 Å². The maximum absolute atomic E-state index is 10.7. The maximum Gasteiger partial charge on any atom is 0.309 e. The van der Waals surface area contributed by atoms with Crippen molar-refractivity contribution in [1.82, 2.24) is 4.98 Å². The van der Waals surface area contributed by atoms with Crippen LogP contribution in [0.3, 0.4) is 0 Å². The van der Waals surface area contributed by atoms with Crippen molar-refractivity contribution in [3.63, 3.8) is 0 Å². The van der Waals surface area contributed by atoms with Crippen LogP contribution in [0.15, 0.2) is 28.1 Å². The smallest absolute Gasteiger partial charge is 0.309 e. The van der Waals surface area contributed by atoms with Gasteiger partial charge in [0.25, 0.3) is 0 Å². The molecule has 0 unspecified atom stereocenters. The van der Waals surface area contributed by atoms with E-state index in [2.05, 4.69) is 20.9 Å². The van der Waals surface area contributed by atoms with Gasteiger partial charge in [-0.05, 0) is 28.9 Å². The molecule has 0 atom stereocenters. The van der Waals surface area contributed by atoms with E-state index in [1.54, 1.807) is 0 Å². The highest BCUT2D eigenvalue weighted by molar-refractivity contribution is 9.11. The van der Waals surface area contributed by atoms with Crippen molar-refractivity contribution in [2.24, 2.45) is 0 Å². The highest BCUT2D eigenvalue weighted by atomic mass is 79.9. The molecule has 0 amide bonds. The Balaban J connectivity index is 2.37. The second-order valence-corrected chi connectivity index (χ2v) is 6.00. The van der Waals surface area contributed by atoms with Crippen LogP contribution in [0.25, 0.3) is 10.6 Å². The number of aromatic nitrogens is 1. The molecule has 0 aliphatic rings. The van der Waals surface area contributed by atoms with E-state index >= 15 is 0 Å². The molecule has 2 rings (SSSR count). The quantitative estimate of drug-likeness (QED) is 0.943. The number of benzene rings is 1. The lowest BCUT2D eigenvalue weighted by Crippen LogP contribution is -2.00. The molecule has 1 aromatic heterocycles. The fourth-order valence-corrected chi connectivity index (χ4v) is 2.98. The Labute approximate surface area is 111 Å². The molecule has 3 nitrogen and oxygen atoms in total. The Bertz CT molecular complexity index is 565. The van der Waals surface area contributed by atoms with Crippen molar-refractivity contribution in [3.05, 3.63) is 39.3 Å². The number of carboxylic acid groups (broad SMARTS) is 1. The van der Waals surface area contributed by atoms with Crippen LogP contribution in [-0.4, -0.2) is 16.1 Å². The van der Waals surface area contributed by atoms with E-state index in [-0.39, 0.29) is 6.42 Å². The van der Waals surface area contributed by atoms with E-state index in [1.807, 2.05) is 31.2 Å². The molecule has 17 heavy (non-hydrogen) atoms. The molecule has 0 saturated carbocycles.